The van der Waals surface area contributed by atoms with Gasteiger partial charge in [0.25, 0.3) is 0 Å². The Morgan fingerprint density at radius 1 is 0.973 bits per heavy atom. The molecule has 6 rings (SSSR count). The fourth-order valence-electron chi connectivity index (χ4n) is 5.04. The molecule has 0 spiro atoms. The van der Waals surface area contributed by atoms with E-state index in [4.69, 9.17) is 21.6 Å². The summed E-state index contributed by atoms with van der Waals surface area (Å²) in [5.74, 6) is -0.311. The van der Waals surface area contributed by atoms with E-state index in [0.717, 1.165) is 52.3 Å². The maximum Gasteiger partial charge on any atom is 0.125 e. The van der Waals surface area contributed by atoms with Gasteiger partial charge in [-0.2, -0.15) is 0 Å². The topological polar surface area (TPSA) is 55.1 Å². The molecule has 0 unspecified atom stereocenters. The van der Waals surface area contributed by atoms with Gasteiger partial charge < -0.3 is 9.88 Å². The fraction of sp³-hybridized carbons (Fsp3) is 0.233. The average molecular weight is 512 g/mol. The van der Waals surface area contributed by atoms with Gasteiger partial charge >= 0.3 is 0 Å². The summed E-state index contributed by atoms with van der Waals surface area (Å²) in [5.41, 5.74) is 6.60. The second kappa shape index (κ2) is 9.94. The zero-order valence-electron chi connectivity index (χ0n) is 20.6. The van der Waals surface area contributed by atoms with Crippen molar-refractivity contribution in [1.29, 1.82) is 0 Å². The largest absolute Gasteiger partial charge is 0.352 e. The minimum atomic E-state index is -0.311. The lowest BCUT2D eigenvalue weighted by atomic mass is 9.96. The second-order valence-corrected chi connectivity index (χ2v) is 10.1. The van der Waals surface area contributed by atoms with Crippen molar-refractivity contribution in [1.82, 2.24) is 14.5 Å². The summed E-state index contributed by atoms with van der Waals surface area (Å²) in [7, 11) is 0. The van der Waals surface area contributed by atoms with Crippen LogP contribution in [0, 0.1) is 12.7 Å². The maximum atomic E-state index is 14.4. The van der Waals surface area contributed by atoms with Gasteiger partial charge in [0.2, 0.25) is 0 Å². The highest BCUT2D eigenvalue weighted by Crippen LogP contribution is 2.31. The minimum Gasteiger partial charge on any atom is -0.352 e. The van der Waals surface area contributed by atoms with Crippen LogP contribution in [-0.4, -0.2) is 20.6 Å². The van der Waals surface area contributed by atoms with E-state index in [2.05, 4.69) is 16.4 Å². The Balaban J connectivity index is 1.62. The van der Waals surface area contributed by atoms with E-state index in [9.17, 15) is 4.39 Å². The molecule has 2 heterocycles. The molecule has 37 heavy (non-hydrogen) atoms. The van der Waals surface area contributed by atoms with E-state index in [1.54, 1.807) is 6.07 Å². The molecule has 2 aromatic carbocycles. The first kappa shape index (κ1) is 23.6. The van der Waals surface area contributed by atoms with Gasteiger partial charge in [0, 0.05) is 22.5 Å². The molecule has 7 heteroatoms. The molecule has 1 aromatic heterocycles. The number of fused-ring (bicyclic) bond motifs is 2. The molecule has 0 radical (unpaired) electrons. The Hall–Kier alpha value is -3.77. The number of hydrogen-bond donors (Lipinski definition) is 1. The third-order valence-electron chi connectivity index (χ3n) is 6.92. The Labute approximate surface area is 220 Å². The van der Waals surface area contributed by atoms with Crippen molar-refractivity contribution in [2.24, 2.45) is 4.99 Å². The van der Waals surface area contributed by atoms with Crippen LogP contribution in [0.25, 0.3) is 28.1 Å². The molecule has 0 atom stereocenters. The van der Waals surface area contributed by atoms with Crippen molar-refractivity contribution in [2.75, 3.05) is 5.32 Å². The lowest BCUT2D eigenvalue weighted by Gasteiger charge is -2.22. The van der Waals surface area contributed by atoms with Gasteiger partial charge in [0.1, 0.15) is 5.82 Å². The van der Waals surface area contributed by atoms with Crippen LogP contribution in [-0.2, 0) is 0 Å². The van der Waals surface area contributed by atoms with Crippen LogP contribution < -0.4 is 10.7 Å². The third kappa shape index (κ3) is 4.94. The summed E-state index contributed by atoms with van der Waals surface area (Å²) in [6.07, 6.45) is 7.66. The molecule has 1 N–H and O–H groups in total. The van der Waals surface area contributed by atoms with Crippen molar-refractivity contribution >= 4 is 34.0 Å². The molecule has 1 aliphatic heterocycles. The van der Waals surface area contributed by atoms with Gasteiger partial charge in [-0.25, -0.2) is 9.37 Å². The van der Waals surface area contributed by atoms with E-state index in [1.807, 2.05) is 60.2 Å². The number of hydrogen-bond acceptors (Lipinski definition) is 4. The standard InChI is InChI=1S/C30H27ClFN5/c1-19-7-11-23(18-33-19)35-26-16-28-30(17-27(26)34-22-5-3-2-4-6-22)37(24-12-8-20(31)9-13-24)29-15-21(32)10-14-25(29)36-28/h7-18,22,35H,2-6H2,1H3. The van der Waals surface area contributed by atoms with E-state index >= 15 is 0 Å². The smallest absolute Gasteiger partial charge is 0.125 e. The van der Waals surface area contributed by atoms with Crippen LogP contribution >= 0.6 is 11.6 Å². The molecule has 3 aromatic rings. The molecule has 1 saturated carbocycles. The SMILES string of the molecule is Cc1ccc(Nc2cc3nc4ccc(F)cc4n(-c4ccc(Cl)cc4)c-3cc2=NC2CCCCC2)cn1. The van der Waals surface area contributed by atoms with Crippen molar-refractivity contribution < 1.29 is 4.39 Å². The quantitative estimate of drug-likeness (QED) is 0.253. The van der Waals surface area contributed by atoms with Crippen molar-refractivity contribution in [3.8, 4) is 17.1 Å². The van der Waals surface area contributed by atoms with E-state index in [-0.39, 0.29) is 11.9 Å². The molecule has 186 valence electrons. The first-order valence-corrected chi connectivity index (χ1v) is 13.1. The summed E-state index contributed by atoms with van der Waals surface area (Å²) in [5, 5.41) is 5.03. The Morgan fingerprint density at radius 3 is 2.54 bits per heavy atom. The number of aryl methyl sites for hydroxylation is 1. The molecule has 2 aliphatic carbocycles. The molecule has 0 bridgehead atoms. The van der Waals surface area contributed by atoms with E-state index in [1.165, 1.54) is 31.4 Å². The van der Waals surface area contributed by atoms with Crippen LogP contribution in [0.1, 0.15) is 37.8 Å². The summed E-state index contributed by atoms with van der Waals surface area (Å²) in [6.45, 7) is 1.97. The zero-order chi connectivity index (χ0) is 25.4. The van der Waals surface area contributed by atoms with Gasteiger partial charge in [-0.1, -0.05) is 30.9 Å². The van der Waals surface area contributed by atoms with Crippen molar-refractivity contribution in [2.45, 2.75) is 45.1 Å². The maximum absolute atomic E-state index is 14.4. The third-order valence-corrected chi connectivity index (χ3v) is 7.18. The summed E-state index contributed by atoms with van der Waals surface area (Å²) < 4.78 is 16.5. The number of nitrogens with one attached hydrogen (secondary N) is 1. The number of halogens is 2. The molecule has 5 nitrogen and oxygen atoms in total. The molecular weight excluding hydrogens is 485 g/mol. The van der Waals surface area contributed by atoms with Crippen molar-refractivity contribution in [3.05, 3.63) is 94.8 Å². The van der Waals surface area contributed by atoms with E-state index < -0.39 is 0 Å². The molecule has 0 amide bonds. The van der Waals surface area contributed by atoms with E-state index in [0.29, 0.717) is 16.1 Å². The fourth-order valence-corrected chi connectivity index (χ4v) is 5.17. The van der Waals surface area contributed by atoms with Gasteiger partial charge in [-0.15, -0.1) is 0 Å². The highest BCUT2D eigenvalue weighted by molar-refractivity contribution is 6.30. The zero-order valence-corrected chi connectivity index (χ0v) is 21.3. The Bertz CT molecular complexity index is 1600. The number of rotatable bonds is 4. The van der Waals surface area contributed by atoms with Crippen LogP contribution in [0.5, 0.6) is 0 Å². The predicted octanol–water partition coefficient (Wildman–Crippen LogP) is 7.60. The van der Waals surface area contributed by atoms with Gasteiger partial charge in [-0.05, 0) is 80.4 Å². The normalized spacial score (nSPS) is 14.9. The van der Waals surface area contributed by atoms with Crippen molar-refractivity contribution in [3.63, 3.8) is 0 Å². The Kier molecular flexibility index (Phi) is 6.35. The Morgan fingerprint density at radius 2 is 1.78 bits per heavy atom. The number of benzene rings is 3. The number of nitrogens with zero attached hydrogens (tertiary/aromatic N) is 4. The summed E-state index contributed by atoms with van der Waals surface area (Å²) in [6, 6.07) is 20.6. The summed E-state index contributed by atoms with van der Waals surface area (Å²) in [4.78, 5) is 14.6. The van der Waals surface area contributed by atoms with Gasteiger partial charge in [0.05, 0.1) is 51.4 Å². The molecule has 1 fully saturated rings. The summed E-state index contributed by atoms with van der Waals surface area (Å²) >= 11 is 6.19. The first-order chi connectivity index (χ1) is 18.0. The second-order valence-electron chi connectivity index (χ2n) is 9.65. The lowest BCUT2D eigenvalue weighted by Crippen LogP contribution is -2.19. The average Bonchev–Trinajstić information content (AvgIpc) is 2.90. The van der Waals surface area contributed by atoms with Crippen LogP contribution in [0.4, 0.5) is 15.8 Å². The van der Waals surface area contributed by atoms with Crippen LogP contribution in [0.2, 0.25) is 5.02 Å². The number of anilines is 2. The minimum absolute atomic E-state index is 0.276. The number of aromatic nitrogens is 3. The van der Waals surface area contributed by atoms with Crippen LogP contribution in [0.15, 0.2) is 77.9 Å². The van der Waals surface area contributed by atoms with Gasteiger partial charge in [-0.3, -0.25) is 9.98 Å². The monoisotopic (exact) mass is 511 g/mol. The molecular formula is C30H27ClFN5. The molecule has 3 aliphatic rings. The highest BCUT2D eigenvalue weighted by Gasteiger charge is 2.19. The molecule has 0 saturated heterocycles. The first-order valence-electron chi connectivity index (χ1n) is 12.7. The van der Waals surface area contributed by atoms with Gasteiger partial charge in [0.15, 0.2) is 0 Å². The highest BCUT2D eigenvalue weighted by atomic mass is 35.5. The van der Waals surface area contributed by atoms with Crippen LogP contribution in [0.3, 0.4) is 0 Å². The lowest BCUT2D eigenvalue weighted by molar-refractivity contribution is 0.437. The number of pyridine rings is 1. The predicted molar refractivity (Wildman–Crippen MR) is 147 cm³/mol.